The average molecular weight is 318 g/mol. The lowest BCUT2D eigenvalue weighted by Crippen LogP contribution is -2.37. The molecule has 0 spiro atoms. The van der Waals surface area contributed by atoms with E-state index in [0.717, 1.165) is 22.6 Å². The number of para-hydroxylation sites is 1. The lowest BCUT2D eigenvalue weighted by molar-refractivity contribution is -0.127. The molecule has 0 fully saturated rings. The second-order valence-corrected chi connectivity index (χ2v) is 5.53. The number of amides is 1. The van der Waals surface area contributed by atoms with Gasteiger partial charge in [0.15, 0.2) is 6.10 Å². The van der Waals surface area contributed by atoms with Gasteiger partial charge in [-0.25, -0.2) is 0 Å². The number of ether oxygens (including phenoxy) is 2. The van der Waals surface area contributed by atoms with E-state index in [-0.39, 0.29) is 5.91 Å². The molecule has 4 nitrogen and oxygen atoms in total. The summed E-state index contributed by atoms with van der Waals surface area (Å²) in [6, 6.07) is 13.0. The fourth-order valence-electron chi connectivity index (χ4n) is 2.51. The van der Waals surface area contributed by atoms with Gasteiger partial charge in [0, 0.05) is 23.6 Å². The number of rotatable bonds is 4. The number of carbonyl (C=O) groups is 1. The van der Waals surface area contributed by atoms with Crippen LogP contribution >= 0.6 is 11.6 Å². The van der Waals surface area contributed by atoms with Crippen molar-refractivity contribution < 1.29 is 14.3 Å². The van der Waals surface area contributed by atoms with Crippen molar-refractivity contribution >= 4 is 17.5 Å². The van der Waals surface area contributed by atoms with Crippen molar-refractivity contribution in [1.29, 1.82) is 0 Å². The van der Waals surface area contributed by atoms with Crippen LogP contribution in [0.3, 0.4) is 0 Å². The van der Waals surface area contributed by atoms with Crippen LogP contribution in [0.2, 0.25) is 5.02 Å². The Balaban J connectivity index is 1.62. The van der Waals surface area contributed by atoms with Crippen molar-refractivity contribution in [3.8, 4) is 11.5 Å². The van der Waals surface area contributed by atoms with Crippen molar-refractivity contribution in [2.45, 2.75) is 19.1 Å². The molecule has 22 heavy (non-hydrogen) atoms. The van der Waals surface area contributed by atoms with E-state index in [1.165, 1.54) is 0 Å². The molecule has 0 saturated carbocycles. The van der Waals surface area contributed by atoms with Crippen LogP contribution in [0.5, 0.6) is 11.5 Å². The van der Waals surface area contributed by atoms with Gasteiger partial charge in [0.1, 0.15) is 11.5 Å². The molecule has 0 unspecified atom stereocenters. The number of halogens is 1. The van der Waals surface area contributed by atoms with Gasteiger partial charge in [0.25, 0.3) is 5.91 Å². The van der Waals surface area contributed by atoms with E-state index in [0.29, 0.717) is 18.0 Å². The summed E-state index contributed by atoms with van der Waals surface area (Å²) < 4.78 is 10.9. The summed E-state index contributed by atoms with van der Waals surface area (Å²) in [5, 5.41) is 3.54. The van der Waals surface area contributed by atoms with Gasteiger partial charge in [-0.3, -0.25) is 4.79 Å². The number of carbonyl (C=O) groups excluding carboxylic acids is 1. The van der Waals surface area contributed by atoms with Crippen LogP contribution in [0.1, 0.15) is 11.1 Å². The van der Waals surface area contributed by atoms with Crippen LogP contribution in [0, 0.1) is 0 Å². The molecular formula is C17H16ClNO3. The lowest BCUT2D eigenvalue weighted by atomic mass is 10.1. The van der Waals surface area contributed by atoms with Crippen molar-refractivity contribution in [2.24, 2.45) is 0 Å². The number of hydrogen-bond acceptors (Lipinski definition) is 3. The molecule has 5 heteroatoms. The average Bonchev–Trinajstić information content (AvgIpc) is 2.96. The van der Waals surface area contributed by atoms with Crippen molar-refractivity contribution in [3.63, 3.8) is 0 Å². The highest BCUT2D eigenvalue weighted by atomic mass is 35.5. The van der Waals surface area contributed by atoms with Gasteiger partial charge in [-0.05, 0) is 29.8 Å². The van der Waals surface area contributed by atoms with Crippen LogP contribution in [-0.2, 0) is 17.8 Å². The molecule has 0 saturated heterocycles. The first-order chi connectivity index (χ1) is 10.7. The summed E-state index contributed by atoms with van der Waals surface area (Å²) >= 11 is 5.96. The number of nitrogens with one attached hydrogen (secondary N) is 1. The summed E-state index contributed by atoms with van der Waals surface area (Å²) in [7, 11) is 1.61. The maximum absolute atomic E-state index is 12.3. The summed E-state index contributed by atoms with van der Waals surface area (Å²) in [4.78, 5) is 12.3. The number of fused-ring (bicyclic) bond motifs is 1. The molecule has 114 valence electrons. The van der Waals surface area contributed by atoms with Crippen LogP contribution in [0.25, 0.3) is 0 Å². The molecular weight excluding hydrogens is 302 g/mol. The third kappa shape index (κ3) is 3.02. The zero-order valence-corrected chi connectivity index (χ0v) is 12.9. The molecule has 1 amide bonds. The maximum atomic E-state index is 12.3. The van der Waals surface area contributed by atoms with Gasteiger partial charge in [-0.2, -0.15) is 0 Å². The van der Waals surface area contributed by atoms with Crippen LogP contribution < -0.4 is 14.8 Å². The number of benzene rings is 2. The van der Waals surface area contributed by atoms with E-state index < -0.39 is 6.10 Å². The minimum Gasteiger partial charge on any atom is -0.496 e. The van der Waals surface area contributed by atoms with Crippen LogP contribution in [0.4, 0.5) is 0 Å². The Labute approximate surface area is 134 Å². The molecule has 1 aliphatic heterocycles. The molecule has 1 N–H and O–H groups in total. The Kier molecular flexibility index (Phi) is 4.20. The highest BCUT2D eigenvalue weighted by molar-refractivity contribution is 6.30. The number of hydrogen-bond donors (Lipinski definition) is 1. The van der Waals surface area contributed by atoms with E-state index in [9.17, 15) is 4.79 Å². The van der Waals surface area contributed by atoms with E-state index >= 15 is 0 Å². The van der Waals surface area contributed by atoms with Crippen LogP contribution in [0.15, 0.2) is 42.5 Å². The van der Waals surface area contributed by atoms with Gasteiger partial charge in [-0.1, -0.05) is 29.8 Å². The summed E-state index contributed by atoms with van der Waals surface area (Å²) in [6.45, 7) is 0.403. The lowest BCUT2D eigenvalue weighted by Gasteiger charge is -2.13. The quantitative estimate of drug-likeness (QED) is 0.943. The van der Waals surface area contributed by atoms with E-state index in [1.54, 1.807) is 19.2 Å². The van der Waals surface area contributed by atoms with E-state index in [2.05, 4.69) is 5.32 Å². The van der Waals surface area contributed by atoms with E-state index in [4.69, 9.17) is 21.1 Å². The third-order valence-electron chi connectivity index (χ3n) is 3.64. The highest BCUT2D eigenvalue weighted by Crippen LogP contribution is 2.31. The molecule has 0 radical (unpaired) electrons. The largest absolute Gasteiger partial charge is 0.496 e. The summed E-state index contributed by atoms with van der Waals surface area (Å²) in [5.41, 5.74) is 1.89. The summed E-state index contributed by atoms with van der Waals surface area (Å²) in [5.74, 6) is 1.34. The SMILES string of the molecule is COc1ccccc1CNC(=O)[C@@H]1Cc2cc(Cl)ccc2O1. The second-order valence-electron chi connectivity index (χ2n) is 5.09. The fourth-order valence-corrected chi connectivity index (χ4v) is 2.70. The first kappa shape index (κ1) is 14.7. The molecule has 0 aliphatic carbocycles. The predicted octanol–water partition coefficient (Wildman–Crippen LogP) is 2.97. The fraction of sp³-hybridized carbons (Fsp3) is 0.235. The van der Waals surface area contributed by atoms with Gasteiger partial charge in [0.2, 0.25) is 0 Å². The first-order valence-electron chi connectivity index (χ1n) is 7.02. The second kappa shape index (κ2) is 6.28. The van der Waals surface area contributed by atoms with Crippen molar-refractivity contribution in [2.75, 3.05) is 7.11 Å². The molecule has 2 aromatic rings. The molecule has 1 atom stereocenters. The summed E-state index contributed by atoms with van der Waals surface area (Å²) in [6.07, 6.45) is 0.0244. The van der Waals surface area contributed by atoms with Crippen molar-refractivity contribution in [3.05, 3.63) is 58.6 Å². The zero-order valence-electron chi connectivity index (χ0n) is 12.1. The highest BCUT2D eigenvalue weighted by Gasteiger charge is 2.29. The number of methoxy groups -OCH3 is 1. The zero-order chi connectivity index (χ0) is 15.5. The molecule has 1 heterocycles. The molecule has 0 aromatic heterocycles. The standard InChI is InChI=1S/C17H16ClNO3/c1-21-14-5-3-2-4-11(14)10-19-17(20)16-9-12-8-13(18)6-7-15(12)22-16/h2-8,16H,9-10H2,1H3,(H,19,20)/t16-/m0/s1. The smallest absolute Gasteiger partial charge is 0.261 e. The Morgan fingerprint density at radius 1 is 1.36 bits per heavy atom. The Bertz CT molecular complexity index is 702. The molecule has 0 bridgehead atoms. The molecule has 3 rings (SSSR count). The van der Waals surface area contributed by atoms with Crippen LogP contribution in [-0.4, -0.2) is 19.1 Å². The van der Waals surface area contributed by atoms with E-state index in [1.807, 2.05) is 30.3 Å². The van der Waals surface area contributed by atoms with Gasteiger partial charge >= 0.3 is 0 Å². The Morgan fingerprint density at radius 3 is 3.00 bits per heavy atom. The third-order valence-corrected chi connectivity index (χ3v) is 3.87. The minimum absolute atomic E-state index is 0.141. The normalized spacial score (nSPS) is 15.8. The predicted molar refractivity (Wildman–Crippen MR) is 84.4 cm³/mol. The Morgan fingerprint density at radius 2 is 2.18 bits per heavy atom. The monoisotopic (exact) mass is 317 g/mol. The van der Waals surface area contributed by atoms with Gasteiger partial charge in [-0.15, -0.1) is 0 Å². The topological polar surface area (TPSA) is 47.6 Å². The maximum Gasteiger partial charge on any atom is 0.261 e. The first-order valence-corrected chi connectivity index (χ1v) is 7.40. The Hall–Kier alpha value is -2.20. The van der Waals surface area contributed by atoms with Crippen molar-refractivity contribution in [1.82, 2.24) is 5.32 Å². The van der Waals surface area contributed by atoms with Gasteiger partial charge < -0.3 is 14.8 Å². The minimum atomic E-state index is -0.511. The molecule has 2 aromatic carbocycles. The molecule has 1 aliphatic rings. The van der Waals surface area contributed by atoms with Gasteiger partial charge in [0.05, 0.1) is 7.11 Å².